The highest BCUT2D eigenvalue weighted by Crippen LogP contribution is 2.67. The number of aromatic nitrogens is 4. The third kappa shape index (κ3) is 3.71. The molecule has 200 valence electrons. The zero-order chi connectivity index (χ0) is 26.7. The van der Waals surface area contributed by atoms with Crippen molar-refractivity contribution in [2.24, 2.45) is 28.6 Å². The Hall–Kier alpha value is -2.54. The number of ketones is 1. The fourth-order valence-corrected chi connectivity index (χ4v) is 9.40. The summed E-state index contributed by atoms with van der Waals surface area (Å²) in [6.45, 7) is 12.5. The first-order valence-corrected chi connectivity index (χ1v) is 14.6. The second kappa shape index (κ2) is 9.29. The van der Waals surface area contributed by atoms with E-state index in [1.165, 1.54) is 22.9 Å². The predicted octanol–water partition coefficient (Wildman–Crippen LogP) is 3.84. The number of hydrogen-bond donors (Lipinski definition) is 2. The molecule has 8 nitrogen and oxygen atoms in total. The average molecular weight is 534 g/mol. The Morgan fingerprint density at radius 2 is 2.08 bits per heavy atom. The molecule has 4 aliphatic carbocycles. The fourth-order valence-electron chi connectivity index (χ4n) is 8.63. The first kappa shape index (κ1) is 25.7. The van der Waals surface area contributed by atoms with Crippen molar-refractivity contribution in [1.82, 2.24) is 19.7 Å². The van der Waals surface area contributed by atoms with E-state index in [0.29, 0.717) is 31.1 Å². The zero-order valence-electron chi connectivity index (χ0n) is 22.0. The first-order valence-electron chi connectivity index (χ1n) is 13.6. The Morgan fingerprint density at radius 3 is 2.84 bits per heavy atom. The van der Waals surface area contributed by atoms with Gasteiger partial charge in [-0.1, -0.05) is 31.2 Å². The van der Waals surface area contributed by atoms with Gasteiger partial charge in [0, 0.05) is 17.8 Å². The van der Waals surface area contributed by atoms with Crippen LogP contribution in [0.25, 0.3) is 10.9 Å². The van der Waals surface area contributed by atoms with Crippen molar-refractivity contribution in [2.45, 2.75) is 75.8 Å². The first-order chi connectivity index (χ1) is 18.2. The molecule has 3 fully saturated rings. The predicted molar refractivity (Wildman–Crippen MR) is 144 cm³/mol. The molecular formula is C29H35N5O3S. The molecule has 3 saturated carbocycles. The lowest BCUT2D eigenvalue weighted by atomic mass is 9.45. The summed E-state index contributed by atoms with van der Waals surface area (Å²) in [6.07, 6.45) is 11.3. The second-order valence-electron chi connectivity index (χ2n) is 12.1. The smallest absolute Gasteiger partial charge is 0.234 e. The molecule has 0 spiro atoms. The van der Waals surface area contributed by atoms with Crippen molar-refractivity contribution in [3.05, 3.63) is 52.9 Å². The minimum Gasteiger partial charge on any atom is -0.393 e. The number of rotatable bonds is 6. The van der Waals surface area contributed by atoms with Crippen molar-refractivity contribution in [3.63, 3.8) is 0 Å². The topological polar surface area (TPSA) is 105 Å². The number of carbonyl (C=O) groups excluding carboxylic acids is 1. The lowest BCUT2D eigenvalue weighted by molar-refractivity contribution is -0.177. The summed E-state index contributed by atoms with van der Waals surface area (Å²) in [5.74, 6) is 0.450. The van der Waals surface area contributed by atoms with E-state index >= 15 is 0 Å². The van der Waals surface area contributed by atoms with Crippen molar-refractivity contribution < 1.29 is 15.0 Å². The van der Waals surface area contributed by atoms with Crippen LogP contribution in [-0.4, -0.2) is 59.7 Å². The van der Waals surface area contributed by atoms with Crippen molar-refractivity contribution in [3.8, 4) is 0 Å². The summed E-state index contributed by atoms with van der Waals surface area (Å²) in [6, 6.07) is 1.74. The van der Waals surface area contributed by atoms with Gasteiger partial charge in [0.05, 0.1) is 23.7 Å². The minimum absolute atomic E-state index is 0.0739. The molecule has 2 aromatic rings. The highest BCUT2D eigenvalue weighted by molar-refractivity contribution is 7.99. The van der Waals surface area contributed by atoms with E-state index in [1.807, 2.05) is 17.8 Å². The molecule has 0 amide bonds. The number of nitrogens with zero attached hydrogens (tertiary/aromatic N) is 5. The largest absolute Gasteiger partial charge is 0.393 e. The summed E-state index contributed by atoms with van der Waals surface area (Å²) >= 11 is 1.26. The highest BCUT2D eigenvalue weighted by Gasteiger charge is 2.68. The molecule has 0 saturated heterocycles. The van der Waals surface area contributed by atoms with Crippen molar-refractivity contribution >= 4 is 23.6 Å². The van der Waals surface area contributed by atoms with Gasteiger partial charge in [0.25, 0.3) is 0 Å². The molecule has 2 N–H and O–H groups in total. The molecule has 6 rings (SSSR count). The molecule has 2 aromatic heterocycles. The lowest BCUT2D eigenvalue weighted by Gasteiger charge is -2.60. The van der Waals surface area contributed by atoms with Gasteiger partial charge in [0.2, 0.25) is 6.54 Å². The Balaban J connectivity index is 1.26. The van der Waals surface area contributed by atoms with Gasteiger partial charge in [0.1, 0.15) is 12.1 Å². The maximum absolute atomic E-state index is 13.5. The van der Waals surface area contributed by atoms with Gasteiger partial charge >= 0.3 is 0 Å². The van der Waals surface area contributed by atoms with E-state index in [0.717, 1.165) is 31.4 Å². The van der Waals surface area contributed by atoms with E-state index in [2.05, 4.69) is 32.9 Å². The molecule has 0 bridgehead atoms. The number of allylic oxidation sites excluding steroid dienone is 1. The van der Waals surface area contributed by atoms with Gasteiger partial charge in [-0.15, -0.1) is 0 Å². The summed E-state index contributed by atoms with van der Waals surface area (Å²) in [4.78, 5) is 25.4. The molecule has 5 unspecified atom stereocenters. The summed E-state index contributed by atoms with van der Waals surface area (Å²) in [7, 11) is 0. The molecule has 0 aromatic carbocycles. The van der Waals surface area contributed by atoms with Crippen LogP contribution >= 0.6 is 11.8 Å². The highest BCUT2D eigenvalue weighted by atomic mass is 32.2. The lowest BCUT2D eigenvalue weighted by Crippen LogP contribution is -2.62. The van der Waals surface area contributed by atoms with E-state index in [-0.39, 0.29) is 34.7 Å². The van der Waals surface area contributed by atoms with Gasteiger partial charge in [-0.2, -0.15) is 5.10 Å². The number of carbonyl (C=O) groups is 1. The molecule has 0 aliphatic heterocycles. The van der Waals surface area contributed by atoms with E-state index in [4.69, 9.17) is 6.57 Å². The van der Waals surface area contributed by atoms with Crippen LogP contribution < -0.4 is 0 Å². The van der Waals surface area contributed by atoms with Crippen molar-refractivity contribution in [2.75, 3.05) is 12.3 Å². The average Bonchev–Trinajstić information content (AvgIpc) is 3.41. The molecule has 2 heterocycles. The number of thioether (sulfide) groups is 1. The SMILES string of the molecule is [C-]#[N+]CCn1ncc2c1C=C1CCC3C([C@@H](O)CC4(C)C3CC[C@]4(O)C(=O)CSc3ncccn3)C1(C)C2. The molecule has 4 aliphatic rings. The van der Waals surface area contributed by atoms with Crippen LogP contribution in [0.4, 0.5) is 0 Å². The van der Waals surface area contributed by atoms with E-state index < -0.39 is 17.1 Å². The Kier molecular flexibility index (Phi) is 6.29. The second-order valence-corrected chi connectivity index (χ2v) is 13.0. The van der Waals surface area contributed by atoms with Crippen molar-refractivity contribution in [1.29, 1.82) is 0 Å². The number of Topliss-reactive ketones (excluding diaryl/α,β-unsaturated/α-hetero) is 1. The van der Waals surface area contributed by atoms with Gasteiger partial charge in [0.15, 0.2) is 10.9 Å². The molecule has 0 radical (unpaired) electrons. The van der Waals surface area contributed by atoms with Crippen LogP contribution in [0.15, 0.2) is 35.4 Å². The van der Waals surface area contributed by atoms with Gasteiger partial charge < -0.3 is 15.1 Å². The van der Waals surface area contributed by atoms with Crippen LogP contribution in [0.5, 0.6) is 0 Å². The molecule has 7 atom stereocenters. The van der Waals surface area contributed by atoms with E-state index in [1.54, 1.807) is 18.5 Å². The monoisotopic (exact) mass is 533 g/mol. The normalized spacial score (nSPS) is 37.3. The summed E-state index contributed by atoms with van der Waals surface area (Å²) in [5.41, 5.74) is 1.35. The van der Waals surface area contributed by atoms with Crippen LogP contribution in [-0.2, 0) is 17.8 Å². The van der Waals surface area contributed by atoms with Gasteiger partial charge in [-0.05, 0) is 79.4 Å². The Morgan fingerprint density at radius 1 is 1.29 bits per heavy atom. The number of aliphatic hydroxyl groups is 2. The summed E-state index contributed by atoms with van der Waals surface area (Å²) in [5, 5.41) is 28.8. The zero-order valence-corrected chi connectivity index (χ0v) is 22.8. The quantitative estimate of drug-likeness (QED) is 0.330. The fraction of sp³-hybridized carbons (Fsp3) is 0.621. The van der Waals surface area contributed by atoms with E-state index in [9.17, 15) is 15.0 Å². The Bertz CT molecular complexity index is 1320. The van der Waals surface area contributed by atoms with Gasteiger partial charge in [-0.25, -0.2) is 16.5 Å². The molecule has 38 heavy (non-hydrogen) atoms. The third-order valence-corrected chi connectivity index (χ3v) is 11.3. The summed E-state index contributed by atoms with van der Waals surface area (Å²) < 4.78 is 1.95. The number of hydrogen-bond acceptors (Lipinski definition) is 7. The Labute approximate surface area is 227 Å². The standard InChI is InChI=1S/C29H35N5O3S/c1-27-14-18-16-33-34(12-11-30-3)22(18)13-19(27)5-6-20-21-7-8-29(37,28(21,2)15-23(35)25(20)27)24(36)17-38-26-31-9-4-10-32-26/h4,9-10,13,16,20-21,23,25,35,37H,5-8,11-12,14-15,17H2,1-2H3/t20?,21?,23-,25?,27?,28?,29-/m0/s1. The van der Waals surface area contributed by atoms with Gasteiger partial charge in [-0.3, -0.25) is 9.48 Å². The maximum Gasteiger partial charge on any atom is 0.234 e. The molecule has 9 heteroatoms. The van der Waals surface area contributed by atoms with Crippen LogP contribution in [0.2, 0.25) is 0 Å². The minimum atomic E-state index is -1.45. The van der Waals surface area contributed by atoms with Crippen LogP contribution in [0.1, 0.15) is 57.2 Å². The number of fused-ring (bicyclic) bond motifs is 6. The van der Waals surface area contributed by atoms with Crippen LogP contribution in [0, 0.1) is 35.2 Å². The van der Waals surface area contributed by atoms with Crippen LogP contribution in [0.3, 0.4) is 0 Å². The maximum atomic E-state index is 13.5. The molecular weight excluding hydrogens is 498 g/mol. The third-order valence-electron chi connectivity index (χ3n) is 10.4. The number of aliphatic hydroxyl groups excluding tert-OH is 1.